The lowest BCUT2D eigenvalue weighted by Gasteiger charge is -2.17. The first-order valence-electron chi connectivity index (χ1n) is 10.8. The second-order valence-electron chi connectivity index (χ2n) is 8.08. The summed E-state index contributed by atoms with van der Waals surface area (Å²) in [5.74, 6) is 2.09. The lowest BCUT2D eigenvalue weighted by atomic mass is 10.0. The number of ether oxygens (including phenoxy) is 1. The van der Waals surface area contributed by atoms with Crippen LogP contribution in [0.3, 0.4) is 0 Å². The molecule has 0 atom stereocenters. The maximum Gasteiger partial charge on any atom is 0.130 e. The highest BCUT2D eigenvalue weighted by molar-refractivity contribution is 5.88. The van der Waals surface area contributed by atoms with Gasteiger partial charge in [-0.05, 0) is 87.7 Å². The van der Waals surface area contributed by atoms with Gasteiger partial charge in [0.15, 0.2) is 0 Å². The zero-order chi connectivity index (χ0) is 18.6. The van der Waals surface area contributed by atoms with Crippen molar-refractivity contribution in [2.24, 2.45) is 0 Å². The number of benzene rings is 1. The Balaban J connectivity index is 1.51. The van der Waals surface area contributed by atoms with Gasteiger partial charge in [0.25, 0.3) is 0 Å². The van der Waals surface area contributed by atoms with Crippen LogP contribution in [0.2, 0.25) is 0 Å². The van der Waals surface area contributed by atoms with Crippen LogP contribution >= 0.6 is 0 Å². The largest absolute Gasteiger partial charge is 0.493 e. The van der Waals surface area contributed by atoms with Crippen molar-refractivity contribution in [2.75, 3.05) is 38.1 Å². The van der Waals surface area contributed by atoms with Gasteiger partial charge in [-0.3, -0.25) is 0 Å². The number of aryl methyl sites for hydroxylation is 2. The molecule has 2 aromatic rings. The Labute approximate surface area is 163 Å². The van der Waals surface area contributed by atoms with E-state index in [1.807, 2.05) is 0 Å². The minimum atomic E-state index is 0.786. The van der Waals surface area contributed by atoms with E-state index in [2.05, 4.69) is 36.2 Å². The fourth-order valence-corrected chi connectivity index (χ4v) is 4.52. The number of pyridine rings is 1. The van der Waals surface area contributed by atoms with Crippen molar-refractivity contribution in [3.63, 3.8) is 0 Å². The third-order valence-corrected chi connectivity index (χ3v) is 5.97. The number of fused-ring (bicyclic) bond motifs is 3. The van der Waals surface area contributed by atoms with Crippen molar-refractivity contribution in [3.8, 4) is 5.75 Å². The quantitative estimate of drug-likeness (QED) is 0.685. The van der Waals surface area contributed by atoms with Crippen LogP contribution in [0.5, 0.6) is 5.75 Å². The van der Waals surface area contributed by atoms with Crippen LogP contribution in [-0.4, -0.2) is 42.7 Å². The Morgan fingerprint density at radius 2 is 1.93 bits per heavy atom. The Morgan fingerprint density at radius 3 is 2.74 bits per heavy atom. The molecular weight excluding hydrogens is 334 g/mol. The molecule has 0 saturated carbocycles. The van der Waals surface area contributed by atoms with E-state index in [1.54, 1.807) is 0 Å². The Kier molecular flexibility index (Phi) is 5.82. The first-order valence-corrected chi connectivity index (χ1v) is 10.8. The maximum atomic E-state index is 6.16. The van der Waals surface area contributed by atoms with Gasteiger partial charge in [-0.15, -0.1) is 0 Å². The Hall–Kier alpha value is -1.81. The molecule has 146 valence electrons. The van der Waals surface area contributed by atoms with Crippen molar-refractivity contribution in [3.05, 3.63) is 28.8 Å². The van der Waals surface area contributed by atoms with E-state index >= 15 is 0 Å². The van der Waals surface area contributed by atoms with E-state index in [0.717, 1.165) is 56.0 Å². The smallest absolute Gasteiger partial charge is 0.130 e. The van der Waals surface area contributed by atoms with E-state index in [0.29, 0.717) is 0 Å². The molecule has 1 saturated heterocycles. The van der Waals surface area contributed by atoms with Crippen LogP contribution in [0.4, 0.5) is 5.82 Å². The zero-order valence-corrected chi connectivity index (χ0v) is 16.9. The van der Waals surface area contributed by atoms with E-state index in [-0.39, 0.29) is 0 Å². The molecule has 2 heterocycles. The molecule has 27 heavy (non-hydrogen) atoms. The maximum absolute atomic E-state index is 6.16. The highest BCUT2D eigenvalue weighted by Crippen LogP contribution is 2.36. The third kappa shape index (κ3) is 4.06. The Morgan fingerprint density at radius 1 is 1.11 bits per heavy atom. The van der Waals surface area contributed by atoms with Crippen LogP contribution in [0.15, 0.2) is 12.1 Å². The average Bonchev–Trinajstić information content (AvgIpc) is 3.36. The number of likely N-dealkylation sites (tertiary alicyclic amines) is 1. The lowest BCUT2D eigenvalue weighted by molar-refractivity contribution is 0.262. The molecular formula is C23H33N3O. The summed E-state index contributed by atoms with van der Waals surface area (Å²) in [5.41, 5.74) is 5.25. The number of nitrogens with one attached hydrogen (secondary N) is 1. The van der Waals surface area contributed by atoms with Gasteiger partial charge in [-0.1, -0.05) is 6.92 Å². The molecule has 1 aromatic heterocycles. The molecule has 1 aromatic carbocycles. The molecule has 1 aliphatic heterocycles. The SMILES string of the molecule is CCCNc1nc2cc(OCCCN3CCCC3)c(C)cc2c2c1CCC2. The monoisotopic (exact) mass is 367 g/mol. The summed E-state index contributed by atoms with van der Waals surface area (Å²) in [5, 5.41) is 4.87. The minimum Gasteiger partial charge on any atom is -0.493 e. The topological polar surface area (TPSA) is 37.4 Å². The third-order valence-electron chi connectivity index (χ3n) is 5.97. The summed E-state index contributed by atoms with van der Waals surface area (Å²) < 4.78 is 6.16. The molecule has 0 bridgehead atoms. The molecule has 0 spiro atoms. The highest BCUT2D eigenvalue weighted by atomic mass is 16.5. The standard InChI is InChI=1S/C23H33N3O/c1-3-10-24-23-19-9-6-8-18(19)20-15-17(2)22(16-21(20)25-23)27-14-7-13-26-11-4-5-12-26/h15-16H,3-14H2,1-2H3,(H,24,25). The lowest BCUT2D eigenvalue weighted by Crippen LogP contribution is -2.22. The van der Waals surface area contributed by atoms with Crippen LogP contribution in [0, 0.1) is 6.92 Å². The normalized spacial score (nSPS) is 16.8. The molecule has 1 fully saturated rings. The summed E-state index contributed by atoms with van der Waals surface area (Å²) in [6.45, 7) is 9.82. The van der Waals surface area contributed by atoms with Gasteiger partial charge in [0.05, 0.1) is 12.1 Å². The number of hydrogen-bond donors (Lipinski definition) is 1. The van der Waals surface area contributed by atoms with Gasteiger partial charge in [0.2, 0.25) is 0 Å². The molecule has 2 aliphatic rings. The summed E-state index contributed by atoms with van der Waals surface area (Å²) >= 11 is 0. The van der Waals surface area contributed by atoms with Gasteiger partial charge in [-0.2, -0.15) is 0 Å². The molecule has 4 rings (SSSR count). The van der Waals surface area contributed by atoms with Gasteiger partial charge >= 0.3 is 0 Å². The molecule has 4 nitrogen and oxygen atoms in total. The van der Waals surface area contributed by atoms with E-state index < -0.39 is 0 Å². The average molecular weight is 368 g/mol. The predicted molar refractivity (Wildman–Crippen MR) is 113 cm³/mol. The second-order valence-corrected chi connectivity index (χ2v) is 8.08. The highest BCUT2D eigenvalue weighted by Gasteiger charge is 2.20. The van der Waals surface area contributed by atoms with Crippen molar-refractivity contribution >= 4 is 16.7 Å². The predicted octanol–water partition coefficient (Wildman–Crippen LogP) is 4.72. The molecule has 1 aliphatic carbocycles. The van der Waals surface area contributed by atoms with Gasteiger partial charge < -0.3 is 15.0 Å². The first kappa shape index (κ1) is 18.5. The fraction of sp³-hybridized carbons (Fsp3) is 0.609. The Bertz CT molecular complexity index is 796. The number of anilines is 1. The number of aromatic nitrogens is 1. The van der Waals surface area contributed by atoms with E-state index in [4.69, 9.17) is 9.72 Å². The molecule has 4 heteroatoms. The number of hydrogen-bond acceptors (Lipinski definition) is 4. The van der Waals surface area contributed by atoms with Crippen molar-refractivity contribution in [1.82, 2.24) is 9.88 Å². The van der Waals surface area contributed by atoms with Gasteiger partial charge in [0.1, 0.15) is 11.6 Å². The van der Waals surface area contributed by atoms with E-state index in [1.165, 1.54) is 60.8 Å². The van der Waals surface area contributed by atoms with Gasteiger partial charge in [0, 0.05) is 24.5 Å². The van der Waals surface area contributed by atoms with Crippen molar-refractivity contribution in [1.29, 1.82) is 0 Å². The molecule has 1 N–H and O–H groups in total. The minimum absolute atomic E-state index is 0.786. The summed E-state index contributed by atoms with van der Waals surface area (Å²) in [6.07, 6.45) is 8.49. The summed E-state index contributed by atoms with van der Waals surface area (Å²) in [6, 6.07) is 4.46. The van der Waals surface area contributed by atoms with E-state index in [9.17, 15) is 0 Å². The summed E-state index contributed by atoms with van der Waals surface area (Å²) in [7, 11) is 0. The second kappa shape index (κ2) is 8.47. The van der Waals surface area contributed by atoms with Crippen LogP contribution in [0.1, 0.15) is 55.7 Å². The molecule has 0 unspecified atom stereocenters. The number of nitrogens with zero attached hydrogens (tertiary/aromatic N) is 2. The molecule has 0 amide bonds. The van der Waals surface area contributed by atoms with Crippen molar-refractivity contribution < 1.29 is 4.74 Å². The van der Waals surface area contributed by atoms with Gasteiger partial charge in [-0.25, -0.2) is 4.98 Å². The fourth-order valence-electron chi connectivity index (χ4n) is 4.52. The summed E-state index contributed by atoms with van der Waals surface area (Å²) in [4.78, 5) is 7.53. The van der Waals surface area contributed by atoms with Crippen LogP contribution in [0.25, 0.3) is 10.9 Å². The number of rotatable bonds is 8. The van der Waals surface area contributed by atoms with Crippen molar-refractivity contribution in [2.45, 2.75) is 58.8 Å². The molecule has 0 radical (unpaired) electrons. The first-order chi connectivity index (χ1) is 13.3. The van der Waals surface area contributed by atoms with Crippen LogP contribution < -0.4 is 10.1 Å². The van der Waals surface area contributed by atoms with Crippen LogP contribution in [-0.2, 0) is 12.8 Å². The zero-order valence-electron chi connectivity index (χ0n) is 16.9.